The van der Waals surface area contributed by atoms with Crippen molar-refractivity contribution in [1.82, 2.24) is 0 Å². The molecule has 2 aliphatic heterocycles. The van der Waals surface area contributed by atoms with Crippen LogP contribution < -0.4 is 0 Å². The van der Waals surface area contributed by atoms with E-state index >= 15 is 0 Å². The number of cyclic esters (lactones) is 1. The Morgan fingerprint density at radius 1 is 0.672 bits per heavy atom. The molecule has 2 rings (SSSR count). The first-order valence-corrected chi connectivity index (χ1v) is 26.0. The van der Waals surface area contributed by atoms with E-state index in [9.17, 15) is 9.59 Å². The molecule has 12 heteroatoms. The Bertz CT molecular complexity index is 1510. The van der Waals surface area contributed by atoms with Crippen molar-refractivity contribution in [3.05, 3.63) is 59.8 Å². The lowest BCUT2D eigenvalue weighted by molar-refractivity contribution is -0.153. The van der Waals surface area contributed by atoms with Gasteiger partial charge in [-0.15, -0.1) is 0 Å². The molecule has 11 nitrogen and oxygen atoms in total. The van der Waals surface area contributed by atoms with Crippen LogP contribution in [0, 0.1) is 29.6 Å². The Morgan fingerprint density at radius 2 is 1.23 bits per heavy atom. The summed E-state index contributed by atoms with van der Waals surface area (Å²) in [5, 5.41) is 0. The Kier molecular flexibility index (Phi) is 25.9. The molecule has 64 heavy (non-hydrogen) atoms. The molecule has 0 spiro atoms. The first kappa shape index (κ1) is 57.7. The van der Waals surface area contributed by atoms with E-state index in [4.69, 9.17) is 42.3 Å². The van der Waals surface area contributed by atoms with Gasteiger partial charge in [-0.2, -0.15) is 0 Å². The molecule has 368 valence electrons. The smallest absolute Gasteiger partial charge is 0.331 e. The number of methoxy groups -OCH3 is 6. The zero-order valence-electron chi connectivity index (χ0n) is 43.1. The first-order chi connectivity index (χ1) is 30.2. The molecule has 1 unspecified atom stereocenters. The maximum Gasteiger partial charge on any atom is 0.331 e. The molecule has 0 radical (unpaired) electrons. The molecule has 2 aliphatic rings. The van der Waals surface area contributed by atoms with Crippen molar-refractivity contribution in [2.24, 2.45) is 29.6 Å². The van der Waals surface area contributed by atoms with Gasteiger partial charge in [0, 0.05) is 110 Å². The van der Waals surface area contributed by atoms with Gasteiger partial charge in [0.2, 0.25) is 0 Å². The number of fused-ring (bicyclic) bond motifs is 2. The third-order valence-corrected chi connectivity index (χ3v) is 20.2. The number of hydrogen-bond donors (Lipinski definition) is 0. The van der Waals surface area contributed by atoms with Gasteiger partial charge < -0.3 is 42.3 Å². The SMILES string of the molecule is COC1CC2=CC(=O)O[C@H](C2)[C@H](C)[C@@H](OC)C[C@H](OC)/C=C/[C@H](C)[C@@H](OC)C[C@@H](OC)/C=C/[C@H](C)[C@@H]([C@@H](C)[C@@H](OC)[C@@H](C)CO[Si](C(C)C)(C(C)C)C(C)C)OC(=O)/C=C/C=C(\C)C1. The van der Waals surface area contributed by atoms with Gasteiger partial charge in [-0.25, -0.2) is 9.59 Å². The van der Waals surface area contributed by atoms with Crippen LogP contribution in [0.1, 0.15) is 115 Å². The lowest BCUT2D eigenvalue weighted by atomic mass is 9.83. The van der Waals surface area contributed by atoms with Crippen LogP contribution in [0.2, 0.25) is 16.6 Å². The van der Waals surface area contributed by atoms with Crippen LogP contribution >= 0.6 is 0 Å². The summed E-state index contributed by atoms with van der Waals surface area (Å²) in [6.45, 7) is 26.9. The largest absolute Gasteiger partial charge is 0.458 e. The van der Waals surface area contributed by atoms with E-state index in [1.165, 1.54) is 6.08 Å². The molecule has 0 amide bonds. The minimum atomic E-state index is -2.12. The molecule has 13 atom stereocenters. The summed E-state index contributed by atoms with van der Waals surface area (Å²) in [6.07, 6.45) is 15.8. The Balaban J connectivity index is 2.58. The number of carbonyl (C=O) groups is 2. The number of rotatable bonds is 15. The summed E-state index contributed by atoms with van der Waals surface area (Å²) in [6, 6.07) is 0. The van der Waals surface area contributed by atoms with E-state index in [-0.39, 0.29) is 78.3 Å². The third kappa shape index (κ3) is 17.0. The minimum absolute atomic E-state index is 0.0251. The van der Waals surface area contributed by atoms with Crippen molar-refractivity contribution >= 4 is 20.3 Å². The molecular weight excluding hydrogens is 829 g/mol. The van der Waals surface area contributed by atoms with Crippen molar-refractivity contribution in [2.75, 3.05) is 49.3 Å². The normalized spacial score (nSPS) is 32.8. The Hall–Kier alpha value is -2.42. The van der Waals surface area contributed by atoms with Crippen LogP contribution in [-0.2, 0) is 51.9 Å². The summed E-state index contributed by atoms with van der Waals surface area (Å²) >= 11 is 0. The van der Waals surface area contributed by atoms with Gasteiger partial charge in [0.25, 0.3) is 0 Å². The topological polar surface area (TPSA) is 117 Å². The van der Waals surface area contributed by atoms with E-state index in [2.05, 4.69) is 100 Å². The maximum atomic E-state index is 13.7. The van der Waals surface area contributed by atoms with Crippen molar-refractivity contribution < 1.29 is 51.9 Å². The molecule has 0 aromatic carbocycles. The molecule has 0 N–H and O–H groups in total. The zero-order valence-corrected chi connectivity index (χ0v) is 44.1. The predicted octanol–water partition coefficient (Wildman–Crippen LogP) is 10.8. The van der Waals surface area contributed by atoms with Gasteiger partial charge in [-0.3, -0.25) is 0 Å². The van der Waals surface area contributed by atoms with Crippen molar-refractivity contribution in [3.8, 4) is 0 Å². The molecule has 0 saturated heterocycles. The van der Waals surface area contributed by atoms with Gasteiger partial charge in [-0.1, -0.05) is 124 Å². The molecular formula is C52H90O11Si. The Morgan fingerprint density at radius 3 is 1.75 bits per heavy atom. The van der Waals surface area contributed by atoms with Crippen LogP contribution in [0.4, 0.5) is 0 Å². The number of allylic oxidation sites excluding steroid dienone is 2. The highest BCUT2D eigenvalue weighted by Crippen LogP contribution is 2.43. The fraction of sp³-hybridized carbons (Fsp3) is 0.769. The summed E-state index contributed by atoms with van der Waals surface area (Å²) < 4.78 is 55.5. The third-order valence-electron chi connectivity index (χ3n) is 14.1. The second-order valence-electron chi connectivity index (χ2n) is 19.6. The highest BCUT2D eigenvalue weighted by Gasteiger charge is 2.46. The molecule has 0 aromatic rings. The number of hydrogen-bond acceptors (Lipinski definition) is 11. The summed E-state index contributed by atoms with van der Waals surface area (Å²) in [4.78, 5) is 26.6. The monoisotopic (exact) mass is 919 g/mol. The molecule has 2 heterocycles. The molecule has 0 saturated carbocycles. The molecule has 0 fully saturated rings. The highest BCUT2D eigenvalue weighted by molar-refractivity contribution is 6.77. The van der Waals surface area contributed by atoms with Crippen molar-refractivity contribution in [1.29, 1.82) is 0 Å². The van der Waals surface area contributed by atoms with Crippen molar-refractivity contribution in [3.63, 3.8) is 0 Å². The van der Waals surface area contributed by atoms with E-state index in [0.717, 1.165) is 11.1 Å². The van der Waals surface area contributed by atoms with Gasteiger partial charge in [-0.05, 0) is 36.4 Å². The van der Waals surface area contributed by atoms with Crippen LogP contribution in [-0.4, -0.2) is 118 Å². The number of esters is 2. The summed E-state index contributed by atoms with van der Waals surface area (Å²) in [7, 11) is 8.12. The second kappa shape index (κ2) is 28.7. The van der Waals surface area contributed by atoms with Crippen LogP contribution in [0.5, 0.6) is 0 Å². The van der Waals surface area contributed by atoms with E-state index in [1.807, 2.05) is 13.0 Å². The van der Waals surface area contributed by atoms with E-state index in [0.29, 0.717) is 55.3 Å². The predicted molar refractivity (Wildman–Crippen MR) is 260 cm³/mol. The number of carbonyl (C=O) groups excluding carboxylic acids is 2. The van der Waals surface area contributed by atoms with Crippen LogP contribution in [0.15, 0.2) is 59.8 Å². The highest BCUT2D eigenvalue weighted by atomic mass is 28.4. The maximum absolute atomic E-state index is 13.7. The van der Waals surface area contributed by atoms with Gasteiger partial charge in [0.1, 0.15) is 12.2 Å². The summed E-state index contributed by atoms with van der Waals surface area (Å²) in [5.74, 6) is -1.20. The first-order valence-electron chi connectivity index (χ1n) is 23.8. The average Bonchev–Trinajstić information content (AvgIpc) is 3.24. The molecule has 2 bridgehead atoms. The quantitative estimate of drug-likeness (QED) is 0.0888. The van der Waals surface area contributed by atoms with Crippen LogP contribution in [0.25, 0.3) is 0 Å². The molecule has 0 aliphatic carbocycles. The summed E-state index contributed by atoms with van der Waals surface area (Å²) in [5.41, 5.74) is 3.37. The molecule has 0 aromatic heterocycles. The standard InChI is InChI=1S/C52H90O11Si/c1-33(2)64(34(3)4,35(5)6)61-32-39(10)51(60-18)41(12)52-38(9)23-25-43(55-13)30-46(58-16)37(8)22-24-44(56-14)31-47(59-17)40(11)48-28-42(29-50(54)62-48)27-45(57-15)26-36(7)20-19-21-49(53)63-52/h19-25,29,33-35,37-41,43-48,51-52H,26-28,30-32H2,1-18H3/b21-19+,24-22+,25-23+,36-20+/t37-,38-,39-,40+,41-,43-,44+,45?,46-,47-,48+,51-,52-/m0/s1. The van der Waals surface area contributed by atoms with Gasteiger partial charge in [0.05, 0.1) is 36.6 Å². The van der Waals surface area contributed by atoms with Gasteiger partial charge in [0.15, 0.2) is 8.32 Å². The van der Waals surface area contributed by atoms with E-state index in [1.54, 1.807) is 54.8 Å². The fourth-order valence-electron chi connectivity index (χ4n) is 10.4. The second-order valence-corrected chi connectivity index (χ2v) is 25.1. The minimum Gasteiger partial charge on any atom is -0.458 e. The zero-order chi connectivity index (χ0) is 48.3. The number of ether oxygens (including phenoxy) is 8. The average molecular weight is 919 g/mol. The van der Waals surface area contributed by atoms with E-state index < -0.39 is 20.4 Å². The fourth-order valence-corrected chi connectivity index (χ4v) is 15.9. The lowest BCUT2D eigenvalue weighted by Crippen LogP contribution is -2.50. The Labute approximate surface area is 390 Å². The van der Waals surface area contributed by atoms with Crippen LogP contribution in [0.3, 0.4) is 0 Å². The van der Waals surface area contributed by atoms with Crippen molar-refractivity contribution in [2.45, 2.75) is 181 Å². The lowest BCUT2D eigenvalue weighted by Gasteiger charge is -2.44. The van der Waals surface area contributed by atoms with Gasteiger partial charge >= 0.3 is 11.9 Å².